The maximum absolute atomic E-state index is 11.8. The molecule has 1 saturated carbocycles. The molecule has 1 unspecified atom stereocenters. The van der Waals surface area contributed by atoms with E-state index in [-0.39, 0.29) is 9.14 Å². The van der Waals surface area contributed by atoms with Crippen LogP contribution in [0.3, 0.4) is 0 Å². The number of carbonyl (C=O) groups excluding carboxylic acids is 1. The Hall–Kier alpha value is -0.620. The molecule has 0 radical (unpaired) electrons. The molecule has 92 valence electrons. The van der Waals surface area contributed by atoms with Crippen molar-refractivity contribution in [1.82, 2.24) is 5.43 Å². The number of hydrogen-bond donors (Lipinski definition) is 1. The highest BCUT2D eigenvalue weighted by Crippen LogP contribution is 2.66. The van der Waals surface area contributed by atoms with Crippen LogP contribution in [0, 0.1) is 12.3 Å². The van der Waals surface area contributed by atoms with Crippen LogP contribution in [0.25, 0.3) is 0 Å². The second-order valence-electron chi connectivity index (χ2n) is 4.36. The number of aryl methyl sites for hydroxylation is 1. The second kappa shape index (κ2) is 4.24. The van der Waals surface area contributed by atoms with Crippen LogP contribution in [0.5, 0.6) is 0 Å². The van der Waals surface area contributed by atoms with Gasteiger partial charge in [0.05, 0.1) is 14.9 Å². The normalized spacial score (nSPS) is 26.1. The fourth-order valence-corrected chi connectivity index (χ4v) is 2.93. The minimum atomic E-state index is -0.455. The van der Waals surface area contributed by atoms with Crippen LogP contribution in [-0.2, 0) is 4.79 Å². The quantitative estimate of drug-likeness (QED) is 0.510. The predicted octanol–water partition coefficient (Wildman–Crippen LogP) is 2.93. The van der Waals surface area contributed by atoms with E-state index >= 15 is 0 Å². The maximum Gasteiger partial charge on any atom is 0.248 e. The number of carbonyl (C=O) groups is 1. The Bertz CT molecular complexity index is 482. The number of hydrogen-bond acceptors (Lipinski definition) is 3. The van der Waals surface area contributed by atoms with Gasteiger partial charge in [-0.3, -0.25) is 4.79 Å². The highest BCUT2D eigenvalue weighted by molar-refractivity contribution is 9.25. The van der Waals surface area contributed by atoms with E-state index in [1.54, 1.807) is 6.07 Å². The van der Waals surface area contributed by atoms with E-state index in [2.05, 4.69) is 42.4 Å². The lowest BCUT2D eigenvalue weighted by molar-refractivity contribution is -0.125. The topological polar surface area (TPSA) is 54.6 Å². The zero-order valence-corrected chi connectivity index (χ0v) is 12.6. The van der Waals surface area contributed by atoms with Crippen LogP contribution >= 0.6 is 31.9 Å². The molecule has 1 fully saturated rings. The van der Waals surface area contributed by atoms with E-state index in [0.717, 1.165) is 12.2 Å². The summed E-state index contributed by atoms with van der Waals surface area (Å²) in [6, 6.07) is 3.64. The van der Waals surface area contributed by atoms with Crippen LogP contribution in [0.2, 0.25) is 0 Å². The molecule has 0 saturated heterocycles. The van der Waals surface area contributed by atoms with E-state index in [0.29, 0.717) is 5.76 Å². The molecule has 1 heterocycles. The lowest BCUT2D eigenvalue weighted by atomic mass is 10.1. The van der Waals surface area contributed by atoms with E-state index in [1.165, 1.54) is 6.21 Å². The Morgan fingerprint density at radius 2 is 2.24 bits per heavy atom. The van der Waals surface area contributed by atoms with Crippen molar-refractivity contribution in [3.63, 3.8) is 0 Å². The Morgan fingerprint density at radius 3 is 2.71 bits per heavy atom. The molecule has 1 amide bonds. The summed E-state index contributed by atoms with van der Waals surface area (Å²) in [4.78, 5) is 11.8. The highest BCUT2D eigenvalue weighted by atomic mass is 79.9. The molecule has 1 atom stereocenters. The monoisotopic (exact) mass is 362 g/mol. The van der Waals surface area contributed by atoms with Crippen molar-refractivity contribution in [3.8, 4) is 0 Å². The van der Waals surface area contributed by atoms with Gasteiger partial charge in [0.2, 0.25) is 5.91 Å². The highest BCUT2D eigenvalue weighted by Gasteiger charge is 2.66. The fourth-order valence-electron chi connectivity index (χ4n) is 1.45. The summed E-state index contributed by atoms with van der Waals surface area (Å²) in [5.74, 6) is 1.31. The summed E-state index contributed by atoms with van der Waals surface area (Å²) in [7, 11) is 0. The van der Waals surface area contributed by atoms with Gasteiger partial charge in [0, 0.05) is 0 Å². The molecule has 4 nitrogen and oxygen atoms in total. The molecule has 0 spiro atoms. The molecule has 1 aromatic rings. The lowest BCUT2D eigenvalue weighted by Gasteiger charge is -2.09. The molecule has 0 aromatic carbocycles. The molecule has 2 rings (SSSR count). The SMILES string of the molecule is Cc1ccc(/C=N/NC(=O)C2(C)CC2(Br)Br)o1. The van der Waals surface area contributed by atoms with E-state index in [9.17, 15) is 4.79 Å². The van der Waals surface area contributed by atoms with Gasteiger partial charge in [0.25, 0.3) is 0 Å². The van der Waals surface area contributed by atoms with Crippen molar-refractivity contribution >= 4 is 44.0 Å². The number of rotatable bonds is 3. The summed E-state index contributed by atoms with van der Waals surface area (Å²) in [5.41, 5.74) is 2.05. The molecular weight excluding hydrogens is 352 g/mol. The largest absolute Gasteiger partial charge is 0.460 e. The van der Waals surface area contributed by atoms with Crippen molar-refractivity contribution in [2.75, 3.05) is 0 Å². The number of halogens is 2. The minimum Gasteiger partial charge on any atom is -0.460 e. The Morgan fingerprint density at radius 1 is 1.59 bits per heavy atom. The summed E-state index contributed by atoms with van der Waals surface area (Å²) < 4.78 is 4.99. The van der Waals surface area contributed by atoms with Crippen molar-refractivity contribution < 1.29 is 9.21 Å². The Balaban J connectivity index is 1.91. The first-order chi connectivity index (χ1) is 7.85. The van der Waals surface area contributed by atoms with Gasteiger partial charge in [0.15, 0.2) is 0 Å². The van der Waals surface area contributed by atoms with Crippen LogP contribution < -0.4 is 5.43 Å². The zero-order valence-electron chi connectivity index (χ0n) is 9.46. The first kappa shape index (κ1) is 12.8. The van der Waals surface area contributed by atoms with Gasteiger partial charge >= 0.3 is 0 Å². The summed E-state index contributed by atoms with van der Waals surface area (Å²) in [5, 5.41) is 3.87. The summed E-state index contributed by atoms with van der Waals surface area (Å²) in [6.07, 6.45) is 2.22. The van der Waals surface area contributed by atoms with Crippen molar-refractivity contribution in [1.29, 1.82) is 0 Å². The average molecular weight is 364 g/mol. The van der Waals surface area contributed by atoms with Crippen molar-refractivity contribution in [2.24, 2.45) is 10.5 Å². The smallest absolute Gasteiger partial charge is 0.248 e. The van der Waals surface area contributed by atoms with Crippen LogP contribution in [0.4, 0.5) is 0 Å². The third-order valence-corrected chi connectivity index (χ3v) is 5.19. The van der Waals surface area contributed by atoms with Crippen LogP contribution in [0.15, 0.2) is 21.7 Å². The van der Waals surface area contributed by atoms with Crippen LogP contribution in [-0.4, -0.2) is 15.4 Å². The van der Waals surface area contributed by atoms with Gasteiger partial charge in [-0.15, -0.1) is 0 Å². The summed E-state index contributed by atoms with van der Waals surface area (Å²) >= 11 is 6.87. The van der Waals surface area contributed by atoms with Gasteiger partial charge in [0.1, 0.15) is 11.5 Å². The lowest BCUT2D eigenvalue weighted by Crippen LogP contribution is -2.29. The Kier molecular flexibility index (Phi) is 3.20. The van der Waals surface area contributed by atoms with E-state index < -0.39 is 5.41 Å². The zero-order chi connectivity index (χ0) is 12.7. The number of amides is 1. The number of hydrazone groups is 1. The molecular formula is C11H12Br2N2O2. The third kappa shape index (κ3) is 2.47. The van der Waals surface area contributed by atoms with Gasteiger partial charge in [-0.2, -0.15) is 5.10 Å². The molecule has 1 aromatic heterocycles. The molecule has 1 aliphatic rings. The molecule has 1 aliphatic carbocycles. The molecule has 6 heteroatoms. The molecule has 0 bridgehead atoms. The number of alkyl halides is 2. The van der Waals surface area contributed by atoms with Gasteiger partial charge in [-0.1, -0.05) is 31.9 Å². The van der Waals surface area contributed by atoms with Crippen molar-refractivity contribution in [2.45, 2.75) is 23.5 Å². The van der Waals surface area contributed by atoms with Gasteiger partial charge in [-0.25, -0.2) is 5.43 Å². The molecule has 1 N–H and O–H groups in total. The number of furan rings is 1. The van der Waals surface area contributed by atoms with Gasteiger partial charge < -0.3 is 4.42 Å². The van der Waals surface area contributed by atoms with Crippen molar-refractivity contribution in [3.05, 3.63) is 23.7 Å². The number of nitrogens with zero attached hydrogens (tertiary/aromatic N) is 1. The third-order valence-electron chi connectivity index (χ3n) is 2.88. The summed E-state index contributed by atoms with van der Waals surface area (Å²) in [6.45, 7) is 3.73. The standard InChI is InChI=1S/C11H12Br2N2O2/c1-7-3-4-8(17-7)5-14-15-9(16)10(2)6-11(10,12)13/h3-5H,6H2,1-2H3,(H,15,16)/b14-5+. The number of nitrogens with one attached hydrogen (secondary N) is 1. The minimum absolute atomic E-state index is 0.120. The maximum atomic E-state index is 11.8. The van der Waals surface area contributed by atoms with Gasteiger partial charge in [-0.05, 0) is 32.4 Å². The van der Waals surface area contributed by atoms with E-state index in [1.807, 2.05) is 19.9 Å². The van der Waals surface area contributed by atoms with E-state index in [4.69, 9.17) is 4.42 Å². The fraction of sp³-hybridized carbons (Fsp3) is 0.455. The second-order valence-corrected chi connectivity index (χ2v) is 8.13. The molecule has 0 aliphatic heterocycles. The molecule has 17 heavy (non-hydrogen) atoms. The average Bonchev–Trinajstić information content (AvgIpc) is 2.58. The predicted molar refractivity (Wildman–Crippen MR) is 72.5 cm³/mol. The van der Waals surface area contributed by atoms with Crippen LogP contribution in [0.1, 0.15) is 24.9 Å². The first-order valence-corrected chi connectivity index (χ1v) is 6.71. The first-order valence-electron chi connectivity index (χ1n) is 5.13. The Labute approximate surface area is 116 Å².